The Bertz CT molecular complexity index is 535. The second-order valence-electron chi connectivity index (χ2n) is 3.00. The molecule has 0 aliphatic rings. The van der Waals surface area contributed by atoms with E-state index in [0.717, 1.165) is 18.2 Å². The largest absolute Gasteiger partial charge is 0.478 e. The molecule has 0 aliphatic heterocycles. The maximum absolute atomic E-state index is 13.6. The number of carboxylic acids is 1. The van der Waals surface area contributed by atoms with E-state index in [1.54, 1.807) is 0 Å². The molecule has 7 heteroatoms. The van der Waals surface area contributed by atoms with Crippen LogP contribution in [0.4, 0.5) is 13.2 Å². The summed E-state index contributed by atoms with van der Waals surface area (Å²) in [6.45, 7) is -3.19. The molecule has 0 unspecified atom stereocenters. The summed E-state index contributed by atoms with van der Waals surface area (Å²) >= 11 is 0. The molecule has 4 nitrogen and oxygen atoms in total. The molecule has 18 heavy (non-hydrogen) atoms. The molecule has 1 rings (SSSR count). The molecule has 0 atom stereocenters. The first-order chi connectivity index (χ1) is 8.45. The molecule has 0 heterocycles. The van der Waals surface area contributed by atoms with Gasteiger partial charge in [0.15, 0.2) is 5.82 Å². The first-order valence-electron chi connectivity index (χ1n) is 4.54. The van der Waals surface area contributed by atoms with Crippen molar-refractivity contribution in [3.05, 3.63) is 35.2 Å². The van der Waals surface area contributed by atoms with Crippen LogP contribution in [0.15, 0.2) is 18.2 Å². The fourth-order valence-electron chi connectivity index (χ4n) is 1.17. The molecule has 0 bridgehead atoms. The van der Waals surface area contributed by atoms with Gasteiger partial charge in [0.2, 0.25) is 0 Å². The van der Waals surface area contributed by atoms with Gasteiger partial charge in [-0.05, 0) is 18.2 Å². The Labute approximate surface area is 99.5 Å². The van der Waals surface area contributed by atoms with Gasteiger partial charge in [0.1, 0.15) is 11.8 Å². The normalized spacial score (nSPS) is 10.6. The highest BCUT2D eigenvalue weighted by Gasteiger charge is 2.15. The minimum Gasteiger partial charge on any atom is -0.478 e. The number of benzene rings is 1. The van der Waals surface area contributed by atoms with Crippen LogP contribution >= 0.6 is 0 Å². The van der Waals surface area contributed by atoms with Crippen molar-refractivity contribution in [2.24, 2.45) is 0 Å². The fraction of sp³-hybridized carbons (Fsp3) is 0.0909. The number of nitrogens with zero attached hydrogens (tertiary/aromatic N) is 1. The van der Waals surface area contributed by atoms with Crippen LogP contribution in [-0.4, -0.2) is 17.7 Å². The zero-order chi connectivity index (χ0) is 13.7. The lowest BCUT2D eigenvalue weighted by Gasteiger charge is -2.09. The molecule has 0 aromatic heterocycles. The van der Waals surface area contributed by atoms with Gasteiger partial charge in [0.05, 0.1) is 11.1 Å². The van der Waals surface area contributed by atoms with Crippen molar-refractivity contribution in [1.82, 2.24) is 0 Å². The van der Waals surface area contributed by atoms with Crippen molar-refractivity contribution in [3.63, 3.8) is 0 Å². The van der Waals surface area contributed by atoms with Gasteiger partial charge in [0, 0.05) is 6.08 Å². The molecule has 0 saturated heterocycles. The van der Waals surface area contributed by atoms with Crippen LogP contribution in [0.2, 0.25) is 0 Å². The summed E-state index contributed by atoms with van der Waals surface area (Å²) < 4.78 is 41.8. The highest BCUT2D eigenvalue weighted by molar-refractivity contribution is 5.86. The van der Waals surface area contributed by atoms with Crippen LogP contribution in [0.1, 0.15) is 11.1 Å². The van der Waals surface area contributed by atoms with Crippen molar-refractivity contribution >= 4 is 12.0 Å². The van der Waals surface area contributed by atoms with E-state index in [0.29, 0.717) is 6.08 Å². The van der Waals surface area contributed by atoms with Crippen LogP contribution < -0.4 is 4.74 Å². The summed E-state index contributed by atoms with van der Waals surface area (Å²) in [7, 11) is 0. The van der Waals surface area contributed by atoms with Crippen LogP contribution in [0.25, 0.3) is 6.08 Å². The molecule has 0 radical (unpaired) electrons. The average Bonchev–Trinajstić information content (AvgIpc) is 2.27. The molecule has 0 aliphatic carbocycles. The summed E-state index contributed by atoms with van der Waals surface area (Å²) in [5.74, 6) is -3.05. The van der Waals surface area contributed by atoms with Gasteiger partial charge in [0.25, 0.3) is 0 Å². The second kappa shape index (κ2) is 5.72. The number of hydrogen-bond donors (Lipinski definition) is 1. The van der Waals surface area contributed by atoms with Gasteiger partial charge in [-0.1, -0.05) is 0 Å². The highest BCUT2D eigenvalue weighted by atomic mass is 19.3. The van der Waals surface area contributed by atoms with Crippen LogP contribution in [0, 0.1) is 17.1 Å². The predicted octanol–water partition coefficient (Wildman–Crippen LogP) is 2.40. The number of aliphatic carboxylic acids is 1. The maximum Gasteiger partial charge on any atom is 0.387 e. The van der Waals surface area contributed by atoms with E-state index < -0.39 is 35.3 Å². The van der Waals surface area contributed by atoms with Gasteiger partial charge in [-0.3, -0.25) is 0 Å². The molecular weight excluding hydrogens is 251 g/mol. The second-order valence-corrected chi connectivity index (χ2v) is 3.00. The quantitative estimate of drug-likeness (QED) is 0.841. The van der Waals surface area contributed by atoms with Crippen molar-refractivity contribution < 1.29 is 27.8 Å². The van der Waals surface area contributed by atoms with E-state index in [1.807, 2.05) is 0 Å². The van der Waals surface area contributed by atoms with Gasteiger partial charge < -0.3 is 9.84 Å². The third kappa shape index (κ3) is 3.25. The van der Waals surface area contributed by atoms with Gasteiger partial charge >= 0.3 is 12.6 Å². The lowest BCUT2D eigenvalue weighted by atomic mass is 10.1. The van der Waals surface area contributed by atoms with Crippen molar-refractivity contribution in [2.75, 3.05) is 0 Å². The number of halogens is 3. The number of hydrogen-bond acceptors (Lipinski definition) is 3. The fourth-order valence-corrected chi connectivity index (χ4v) is 1.17. The predicted molar refractivity (Wildman–Crippen MR) is 54.4 cm³/mol. The number of carboxylic acid groups (broad SMARTS) is 1. The van der Waals surface area contributed by atoms with E-state index in [1.165, 1.54) is 6.07 Å². The molecule has 0 amide bonds. The molecule has 0 fully saturated rings. The van der Waals surface area contributed by atoms with Gasteiger partial charge in [-0.15, -0.1) is 0 Å². The minimum absolute atomic E-state index is 0.401. The van der Waals surface area contributed by atoms with E-state index in [9.17, 15) is 18.0 Å². The Balaban J connectivity index is 3.31. The zero-order valence-corrected chi connectivity index (χ0v) is 8.73. The Morgan fingerprint density at radius 3 is 2.67 bits per heavy atom. The molecular formula is C11H6F3NO3. The minimum atomic E-state index is -3.19. The third-order valence-corrected chi connectivity index (χ3v) is 1.87. The lowest BCUT2D eigenvalue weighted by Crippen LogP contribution is -2.05. The van der Waals surface area contributed by atoms with E-state index >= 15 is 0 Å². The standard InChI is InChI=1S/C11H6F3NO3/c12-10-6(5-15)1-3-8(18-11(13)14)7(10)2-4-9(16)17/h1-4,11H,(H,16,17)/b4-2+. The van der Waals surface area contributed by atoms with Crippen molar-refractivity contribution in [3.8, 4) is 11.8 Å². The van der Waals surface area contributed by atoms with Crippen LogP contribution in [0.3, 0.4) is 0 Å². The van der Waals surface area contributed by atoms with Crippen molar-refractivity contribution in [1.29, 1.82) is 5.26 Å². The number of rotatable bonds is 4. The SMILES string of the molecule is N#Cc1ccc(OC(F)F)c(/C=C/C(=O)O)c1F. The molecule has 1 N–H and O–H groups in total. The molecule has 94 valence electrons. The van der Waals surface area contributed by atoms with Crippen LogP contribution in [0.5, 0.6) is 5.75 Å². The monoisotopic (exact) mass is 257 g/mol. The summed E-state index contributed by atoms with van der Waals surface area (Å²) in [6.07, 6.45) is 1.30. The summed E-state index contributed by atoms with van der Waals surface area (Å²) in [5.41, 5.74) is -0.918. The third-order valence-electron chi connectivity index (χ3n) is 1.87. The number of carbonyl (C=O) groups is 1. The van der Waals surface area contributed by atoms with Crippen LogP contribution in [-0.2, 0) is 4.79 Å². The maximum atomic E-state index is 13.6. The molecule has 1 aromatic rings. The average molecular weight is 257 g/mol. The highest BCUT2D eigenvalue weighted by Crippen LogP contribution is 2.27. The summed E-state index contributed by atoms with van der Waals surface area (Å²) in [6, 6.07) is 3.44. The first kappa shape index (κ1) is 13.6. The smallest absolute Gasteiger partial charge is 0.387 e. The van der Waals surface area contributed by atoms with Gasteiger partial charge in [-0.2, -0.15) is 14.0 Å². The topological polar surface area (TPSA) is 70.3 Å². The molecule has 0 saturated carbocycles. The molecule has 1 aromatic carbocycles. The van der Waals surface area contributed by atoms with E-state index in [2.05, 4.69) is 4.74 Å². The van der Waals surface area contributed by atoms with E-state index in [-0.39, 0.29) is 0 Å². The number of ether oxygens (including phenoxy) is 1. The Morgan fingerprint density at radius 2 is 2.17 bits per heavy atom. The molecule has 0 spiro atoms. The lowest BCUT2D eigenvalue weighted by molar-refractivity contribution is -0.131. The zero-order valence-electron chi connectivity index (χ0n) is 8.73. The Hall–Kier alpha value is -2.49. The Kier molecular flexibility index (Phi) is 4.32. The summed E-state index contributed by atoms with van der Waals surface area (Å²) in [5, 5.41) is 17.0. The Morgan fingerprint density at radius 1 is 1.50 bits per heavy atom. The first-order valence-corrected chi connectivity index (χ1v) is 4.54. The number of nitriles is 1. The van der Waals surface area contributed by atoms with Crippen molar-refractivity contribution in [2.45, 2.75) is 6.61 Å². The van der Waals surface area contributed by atoms with Gasteiger partial charge in [-0.25, -0.2) is 9.18 Å². The van der Waals surface area contributed by atoms with E-state index in [4.69, 9.17) is 10.4 Å². The summed E-state index contributed by atoms with van der Waals surface area (Å²) in [4.78, 5) is 10.3. The number of alkyl halides is 2.